The molecule has 0 saturated heterocycles. The number of alkyl halides is 5. The van der Waals surface area contributed by atoms with Crippen LogP contribution in [0.5, 0.6) is 0 Å². The third-order valence-corrected chi connectivity index (χ3v) is 1.88. The van der Waals surface area contributed by atoms with Crippen molar-refractivity contribution in [1.82, 2.24) is 0 Å². The van der Waals surface area contributed by atoms with Crippen molar-refractivity contribution in [3.05, 3.63) is 0 Å². The van der Waals surface area contributed by atoms with Crippen molar-refractivity contribution in [3.63, 3.8) is 0 Å². The van der Waals surface area contributed by atoms with Crippen LogP contribution in [0.2, 0.25) is 0 Å². The Bertz CT molecular complexity index is 324. The first-order chi connectivity index (χ1) is 7.68. The number of quaternary nitrogens is 1. The molecule has 0 spiro atoms. The Morgan fingerprint density at radius 3 is 1.33 bits per heavy atom. The third kappa shape index (κ3) is 10.7. The van der Waals surface area contributed by atoms with Gasteiger partial charge in [0.1, 0.15) is 10.1 Å². The minimum Gasteiger partial charge on any atom is -0.746 e. The second-order valence-electron chi connectivity index (χ2n) is 4.75. The van der Waals surface area contributed by atoms with Crippen molar-refractivity contribution in [2.24, 2.45) is 0 Å². The second kappa shape index (κ2) is 7.19. The van der Waals surface area contributed by atoms with Crippen molar-refractivity contribution >= 4 is 10.1 Å². The predicted octanol–water partition coefficient (Wildman–Crippen LogP) is 1.09. The lowest BCUT2D eigenvalue weighted by Crippen LogP contribution is -2.37. The van der Waals surface area contributed by atoms with Crippen molar-refractivity contribution in [2.75, 3.05) is 28.2 Å². The minimum atomic E-state index is -5.75. The Morgan fingerprint density at radius 1 is 0.889 bits per heavy atom. The normalized spacial score (nSPS) is 17.7. The molecule has 10 heteroatoms. The summed E-state index contributed by atoms with van der Waals surface area (Å²) in [5.41, 5.74) is -3.81. The summed E-state index contributed by atoms with van der Waals surface area (Å²) in [4.78, 5) is 0. The van der Waals surface area contributed by atoms with Gasteiger partial charge in [-0.3, -0.25) is 0 Å². The molecule has 0 aliphatic rings. The summed E-state index contributed by atoms with van der Waals surface area (Å²) in [7, 11) is 2.75. The predicted molar refractivity (Wildman–Crippen MR) is 54.3 cm³/mol. The molecule has 0 aromatic heterocycles. The van der Waals surface area contributed by atoms with Crippen molar-refractivity contribution in [1.29, 1.82) is 0 Å². The SMILES string of the molecule is C[N+](C)(C)C.O=S(=O)([O-])C(F)C(F)C(F)C(F)F. The van der Waals surface area contributed by atoms with E-state index in [1.54, 1.807) is 0 Å². The molecule has 0 amide bonds. The quantitative estimate of drug-likeness (QED) is 0.444. The summed E-state index contributed by atoms with van der Waals surface area (Å²) in [5, 5.41) is 0. The second-order valence-corrected chi connectivity index (χ2v) is 6.19. The number of nitrogens with zero attached hydrogens (tertiary/aromatic N) is 1. The molecule has 3 atom stereocenters. The summed E-state index contributed by atoms with van der Waals surface area (Å²) < 4.78 is 89.0. The summed E-state index contributed by atoms with van der Waals surface area (Å²) in [6, 6.07) is 0. The van der Waals surface area contributed by atoms with E-state index in [0.717, 1.165) is 4.48 Å². The van der Waals surface area contributed by atoms with Gasteiger partial charge < -0.3 is 9.04 Å². The van der Waals surface area contributed by atoms with Gasteiger partial charge in [-0.2, -0.15) is 0 Å². The maximum Gasteiger partial charge on any atom is 0.272 e. The Hall–Kier alpha value is -0.480. The standard InChI is InChI=1S/C4H5F5O3S.C4H12N/c5-1(3(7)8)2(6)4(9)13(10,11)12;1-5(2,3)4/h1-4H,(H,10,11,12);1-4H3/q;+1/p-1. The molecule has 0 heterocycles. The van der Waals surface area contributed by atoms with E-state index in [1.165, 1.54) is 0 Å². The zero-order chi connectivity index (χ0) is 15.3. The Morgan fingerprint density at radius 2 is 1.17 bits per heavy atom. The fraction of sp³-hybridized carbons (Fsp3) is 1.00. The number of hydrogen-bond acceptors (Lipinski definition) is 3. The molecule has 4 nitrogen and oxygen atoms in total. The average Bonchev–Trinajstić information content (AvgIpc) is 2.09. The molecule has 0 aromatic carbocycles. The Balaban J connectivity index is 0. The van der Waals surface area contributed by atoms with E-state index in [-0.39, 0.29) is 0 Å². The van der Waals surface area contributed by atoms with E-state index in [0.29, 0.717) is 0 Å². The number of rotatable bonds is 4. The molecule has 0 bridgehead atoms. The largest absolute Gasteiger partial charge is 0.746 e. The maximum atomic E-state index is 12.1. The highest BCUT2D eigenvalue weighted by atomic mass is 32.2. The van der Waals surface area contributed by atoms with Gasteiger partial charge in [0.05, 0.1) is 28.2 Å². The molecule has 0 aliphatic heterocycles. The topological polar surface area (TPSA) is 57.2 Å². The summed E-state index contributed by atoms with van der Waals surface area (Å²) in [6.45, 7) is 0. The number of hydrogen-bond donors (Lipinski definition) is 0. The van der Waals surface area contributed by atoms with Gasteiger partial charge in [-0.05, 0) is 0 Å². The molecule has 0 rings (SSSR count). The highest BCUT2D eigenvalue weighted by Gasteiger charge is 2.39. The van der Waals surface area contributed by atoms with Crippen LogP contribution in [0, 0.1) is 0 Å². The van der Waals surface area contributed by atoms with Crippen LogP contribution in [0.3, 0.4) is 0 Å². The lowest BCUT2D eigenvalue weighted by Gasteiger charge is -2.18. The molecule has 0 saturated carbocycles. The third-order valence-electron chi connectivity index (χ3n) is 1.07. The minimum absolute atomic E-state index is 1.00. The molecular formula is C8H16F5NO3S. The van der Waals surface area contributed by atoms with E-state index in [4.69, 9.17) is 0 Å². The van der Waals surface area contributed by atoms with E-state index < -0.39 is 34.4 Å². The van der Waals surface area contributed by atoms with Gasteiger partial charge in [0.25, 0.3) is 6.43 Å². The lowest BCUT2D eigenvalue weighted by molar-refractivity contribution is -0.849. The molecule has 0 fully saturated rings. The van der Waals surface area contributed by atoms with Gasteiger partial charge in [0.15, 0.2) is 12.3 Å². The van der Waals surface area contributed by atoms with E-state index in [2.05, 4.69) is 28.2 Å². The zero-order valence-electron chi connectivity index (χ0n) is 10.3. The highest BCUT2D eigenvalue weighted by molar-refractivity contribution is 7.86. The molecule has 0 radical (unpaired) electrons. The molecule has 0 aliphatic carbocycles. The van der Waals surface area contributed by atoms with Crippen LogP contribution in [0.25, 0.3) is 0 Å². The van der Waals surface area contributed by atoms with Crippen LogP contribution in [0.1, 0.15) is 0 Å². The fourth-order valence-electron chi connectivity index (χ4n) is 0.443. The fourth-order valence-corrected chi connectivity index (χ4v) is 0.911. The molecule has 3 unspecified atom stereocenters. The van der Waals surface area contributed by atoms with Crippen LogP contribution in [0.15, 0.2) is 0 Å². The molecular weight excluding hydrogens is 285 g/mol. The zero-order valence-corrected chi connectivity index (χ0v) is 11.1. The Labute approximate surface area is 103 Å². The molecule has 112 valence electrons. The van der Waals surface area contributed by atoms with E-state index in [1.807, 2.05) is 0 Å². The van der Waals surface area contributed by atoms with Crippen LogP contribution in [-0.4, -0.2) is 69.9 Å². The average molecular weight is 301 g/mol. The van der Waals surface area contributed by atoms with E-state index >= 15 is 0 Å². The lowest BCUT2D eigenvalue weighted by atomic mass is 10.3. The van der Waals surface area contributed by atoms with Crippen molar-refractivity contribution in [3.8, 4) is 0 Å². The summed E-state index contributed by atoms with van der Waals surface area (Å²) in [6.07, 6.45) is -11.2. The van der Waals surface area contributed by atoms with Gasteiger partial charge in [-0.15, -0.1) is 0 Å². The van der Waals surface area contributed by atoms with Crippen LogP contribution in [-0.2, 0) is 10.1 Å². The highest BCUT2D eigenvalue weighted by Crippen LogP contribution is 2.20. The Kier molecular flexibility index (Phi) is 7.93. The molecule has 0 N–H and O–H groups in total. The summed E-state index contributed by atoms with van der Waals surface area (Å²) >= 11 is 0. The van der Waals surface area contributed by atoms with Gasteiger partial charge >= 0.3 is 0 Å². The smallest absolute Gasteiger partial charge is 0.272 e. The van der Waals surface area contributed by atoms with Crippen LogP contribution >= 0.6 is 0 Å². The molecule has 0 aromatic rings. The van der Waals surface area contributed by atoms with Crippen LogP contribution in [0.4, 0.5) is 22.0 Å². The maximum absolute atomic E-state index is 12.1. The van der Waals surface area contributed by atoms with Crippen molar-refractivity contribution in [2.45, 2.75) is 24.3 Å². The first kappa shape index (κ1) is 19.9. The van der Waals surface area contributed by atoms with Crippen LogP contribution < -0.4 is 0 Å². The molecule has 18 heavy (non-hydrogen) atoms. The first-order valence-corrected chi connectivity index (χ1v) is 6.09. The van der Waals surface area contributed by atoms with Gasteiger partial charge in [0.2, 0.25) is 5.50 Å². The van der Waals surface area contributed by atoms with E-state index in [9.17, 15) is 34.9 Å². The first-order valence-electron chi connectivity index (χ1n) is 4.62. The number of halogens is 5. The monoisotopic (exact) mass is 301 g/mol. The van der Waals surface area contributed by atoms with Gasteiger partial charge in [-0.25, -0.2) is 30.4 Å². The van der Waals surface area contributed by atoms with Gasteiger partial charge in [-0.1, -0.05) is 0 Å². The van der Waals surface area contributed by atoms with Gasteiger partial charge in [0, 0.05) is 0 Å². The van der Waals surface area contributed by atoms with Crippen molar-refractivity contribution < 1.29 is 39.4 Å². The summed E-state index contributed by atoms with van der Waals surface area (Å²) in [5.74, 6) is 0.